The van der Waals surface area contributed by atoms with Crippen LogP contribution < -0.4 is 0 Å². The molecule has 0 aliphatic heterocycles. The normalized spacial score (nSPS) is 23.4. The van der Waals surface area contributed by atoms with E-state index in [-0.39, 0.29) is 0 Å². The third-order valence-electron chi connectivity index (χ3n) is 3.75. The summed E-state index contributed by atoms with van der Waals surface area (Å²) >= 11 is 0. The van der Waals surface area contributed by atoms with E-state index in [1.54, 1.807) is 0 Å². The van der Waals surface area contributed by atoms with Crippen molar-refractivity contribution in [2.45, 2.75) is 44.0 Å². The smallest absolute Gasteiger partial charge is 0.170 e. The molecule has 0 atom stereocenters. The van der Waals surface area contributed by atoms with Crippen molar-refractivity contribution in [2.75, 3.05) is 0 Å². The summed E-state index contributed by atoms with van der Waals surface area (Å²) in [5.74, 6) is 0. The highest BCUT2D eigenvalue weighted by Gasteiger charge is 2.83. The molecule has 1 rings (SSSR count). The highest BCUT2D eigenvalue weighted by Crippen LogP contribution is 2.71. The van der Waals surface area contributed by atoms with Crippen molar-refractivity contribution in [3.8, 4) is 0 Å². The molecule has 0 saturated heterocycles. The van der Waals surface area contributed by atoms with Gasteiger partial charge in [-0.15, -0.1) is 0 Å². The van der Waals surface area contributed by atoms with Crippen LogP contribution in [-0.4, -0.2) is 24.7 Å². The predicted octanol–water partition coefficient (Wildman–Crippen LogP) is 5.39. The minimum Gasteiger partial charge on any atom is -0.170 e. The molecule has 0 N–H and O–H groups in total. The average molecular weight is 342 g/mol. The second-order valence-electron chi connectivity index (χ2n) is 4.83. The lowest BCUT2D eigenvalue weighted by Crippen LogP contribution is -2.53. The maximum Gasteiger partial charge on any atom is 0.403 e. The second-order valence-corrected chi connectivity index (χ2v) is 4.83. The van der Waals surface area contributed by atoms with Gasteiger partial charge in [-0.1, -0.05) is 0 Å². The Morgan fingerprint density at radius 1 is 0.429 bits per heavy atom. The van der Waals surface area contributed by atoms with Crippen LogP contribution in [-0.2, 0) is 0 Å². The Labute approximate surface area is 109 Å². The van der Waals surface area contributed by atoms with Gasteiger partial charge >= 0.3 is 24.7 Å². The van der Waals surface area contributed by atoms with Gasteiger partial charge in [-0.3, -0.25) is 0 Å². The van der Waals surface area contributed by atoms with Gasteiger partial charge in [0.15, 0.2) is 10.8 Å². The van der Waals surface area contributed by atoms with Crippen molar-refractivity contribution in [3.05, 3.63) is 0 Å². The zero-order valence-electron chi connectivity index (χ0n) is 9.66. The molecule has 1 fully saturated rings. The Morgan fingerprint density at radius 2 is 0.619 bits per heavy atom. The van der Waals surface area contributed by atoms with Gasteiger partial charge in [0.1, 0.15) is 0 Å². The molecule has 1 aliphatic rings. The first-order valence-electron chi connectivity index (χ1n) is 5.18. The molecule has 0 nitrogen and oxygen atoms in total. The van der Waals surface area contributed by atoms with E-state index >= 15 is 0 Å². The molecular weight excluding hydrogens is 336 g/mol. The fourth-order valence-electron chi connectivity index (χ4n) is 2.41. The third-order valence-corrected chi connectivity index (χ3v) is 3.75. The standard InChI is InChI=1S/C9H6F12/c10-6(11,12)4(7(13,14)15)1-2-5(3-4,8(16,17)18)9(19,20)21/h1-3H2. The Bertz CT molecular complexity index is 325. The minimum atomic E-state index is -6.27. The molecule has 1 aliphatic carbocycles. The van der Waals surface area contributed by atoms with Gasteiger partial charge in [-0.2, -0.15) is 52.7 Å². The predicted molar refractivity (Wildman–Crippen MR) is 42.9 cm³/mol. The Morgan fingerprint density at radius 3 is 0.714 bits per heavy atom. The molecule has 0 unspecified atom stereocenters. The molecule has 0 heterocycles. The van der Waals surface area contributed by atoms with Crippen molar-refractivity contribution < 1.29 is 52.7 Å². The van der Waals surface area contributed by atoms with E-state index in [1.165, 1.54) is 0 Å². The molecule has 126 valence electrons. The molecule has 0 bridgehead atoms. The molecule has 0 aromatic rings. The van der Waals surface area contributed by atoms with Gasteiger partial charge in [0.2, 0.25) is 0 Å². The highest BCUT2D eigenvalue weighted by atomic mass is 19.4. The molecule has 21 heavy (non-hydrogen) atoms. The SMILES string of the molecule is FC(F)(F)C1(C(F)(F)F)CCC(C(F)(F)F)(C(F)(F)F)C1. The first-order chi connectivity index (χ1) is 8.91. The summed E-state index contributed by atoms with van der Waals surface area (Å²) in [5.41, 5.74) is -10.0. The maximum atomic E-state index is 12.6. The van der Waals surface area contributed by atoms with E-state index < -0.39 is 54.8 Å². The fourth-order valence-corrected chi connectivity index (χ4v) is 2.41. The van der Waals surface area contributed by atoms with Crippen molar-refractivity contribution in [2.24, 2.45) is 10.8 Å². The maximum absolute atomic E-state index is 12.6. The van der Waals surface area contributed by atoms with E-state index in [4.69, 9.17) is 0 Å². The lowest BCUT2D eigenvalue weighted by molar-refractivity contribution is -0.370. The fraction of sp³-hybridized carbons (Fsp3) is 1.00. The van der Waals surface area contributed by atoms with Crippen molar-refractivity contribution in [3.63, 3.8) is 0 Å². The summed E-state index contributed by atoms with van der Waals surface area (Å²) in [7, 11) is 0. The van der Waals surface area contributed by atoms with Gasteiger partial charge in [0, 0.05) is 0 Å². The van der Waals surface area contributed by atoms with Crippen LogP contribution in [0.3, 0.4) is 0 Å². The summed E-state index contributed by atoms with van der Waals surface area (Å²) in [5, 5.41) is 0. The summed E-state index contributed by atoms with van der Waals surface area (Å²) in [6.07, 6.45) is -32.9. The van der Waals surface area contributed by atoms with E-state index in [1.807, 2.05) is 0 Å². The van der Waals surface area contributed by atoms with Gasteiger partial charge in [-0.05, 0) is 19.3 Å². The van der Waals surface area contributed by atoms with Crippen LogP contribution in [0.1, 0.15) is 19.3 Å². The monoisotopic (exact) mass is 342 g/mol. The lowest BCUT2D eigenvalue weighted by Gasteiger charge is -2.38. The molecule has 12 heteroatoms. The first-order valence-corrected chi connectivity index (χ1v) is 5.18. The van der Waals surface area contributed by atoms with Crippen molar-refractivity contribution in [1.29, 1.82) is 0 Å². The van der Waals surface area contributed by atoms with Crippen molar-refractivity contribution >= 4 is 0 Å². The van der Waals surface area contributed by atoms with E-state index in [0.717, 1.165) is 0 Å². The van der Waals surface area contributed by atoms with Gasteiger partial charge in [-0.25, -0.2) is 0 Å². The van der Waals surface area contributed by atoms with Crippen LogP contribution in [0.4, 0.5) is 52.7 Å². The second kappa shape index (κ2) is 4.34. The Kier molecular flexibility index (Phi) is 3.76. The molecule has 1 saturated carbocycles. The third kappa shape index (κ3) is 2.43. The number of hydrogen-bond donors (Lipinski definition) is 0. The van der Waals surface area contributed by atoms with E-state index in [9.17, 15) is 52.7 Å². The summed E-state index contributed by atoms with van der Waals surface area (Å²) in [6, 6.07) is 0. The quantitative estimate of drug-likeness (QED) is 0.518. The molecule has 0 aromatic carbocycles. The van der Waals surface area contributed by atoms with Gasteiger partial charge in [0.05, 0.1) is 0 Å². The molecular formula is C9H6F12. The summed E-state index contributed by atoms with van der Waals surface area (Å²) < 4.78 is 151. The highest BCUT2D eigenvalue weighted by molar-refractivity contribution is 5.10. The molecule has 0 amide bonds. The molecule has 0 spiro atoms. The van der Waals surface area contributed by atoms with Gasteiger partial charge < -0.3 is 0 Å². The van der Waals surface area contributed by atoms with Gasteiger partial charge in [0.25, 0.3) is 0 Å². The molecule has 0 aromatic heterocycles. The van der Waals surface area contributed by atoms with Crippen LogP contribution >= 0.6 is 0 Å². The van der Waals surface area contributed by atoms with Crippen molar-refractivity contribution in [1.82, 2.24) is 0 Å². The Hall–Kier alpha value is -0.840. The summed E-state index contributed by atoms with van der Waals surface area (Å²) in [4.78, 5) is 0. The van der Waals surface area contributed by atoms with Crippen LogP contribution in [0, 0.1) is 10.8 Å². The van der Waals surface area contributed by atoms with Crippen LogP contribution in [0.25, 0.3) is 0 Å². The molecule has 0 radical (unpaired) electrons. The number of alkyl halides is 12. The van der Waals surface area contributed by atoms with Crippen LogP contribution in [0.15, 0.2) is 0 Å². The van der Waals surface area contributed by atoms with Crippen LogP contribution in [0.5, 0.6) is 0 Å². The lowest BCUT2D eigenvalue weighted by atomic mass is 9.77. The average Bonchev–Trinajstić information content (AvgIpc) is 2.54. The van der Waals surface area contributed by atoms with E-state index in [2.05, 4.69) is 0 Å². The number of hydrogen-bond acceptors (Lipinski definition) is 0. The Balaban J connectivity index is 3.49. The zero-order chi connectivity index (χ0) is 17.1. The van der Waals surface area contributed by atoms with Crippen LogP contribution in [0.2, 0.25) is 0 Å². The number of halogens is 12. The minimum absolute atomic E-state index is 2.32. The zero-order valence-corrected chi connectivity index (χ0v) is 9.66. The van der Waals surface area contributed by atoms with E-state index in [0.29, 0.717) is 0 Å². The largest absolute Gasteiger partial charge is 0.403 e. The topological polar surface area (TPSA) is 0 Å². The summed E-state index contributed by atoms with van der Waals surface area (Å²) in [6.45, 7) is 0. The first kappa shape index (κ1) is 18.2. The number of rotatable bonds is 0.